The van der Waals surface area contributed by atoms with E-state index in [9.17, 15) is 9.59 Å². The molecule has 0 aliphatic carbocycles. The fraction of sp³-hybridized carbons (Fsp3) is 0.167. The van der Waals surface area contributed by atoms with Gasteiger partial charge in [-0.1, -0.05) is 60.2 Å². The molecular weight excluding hydrogens is 364 g/mol. The molecule has 3 aromatic rings. The number of hydrogen-bond donors (Lipinski definition) is 1. The second-order valence-electron chi connectivity index (χ2n) is 6.82. The third kappa shape index (κ3) is 5.94. The highest BCUT2D eigenvalue weighted by Gasteiger charge is 2.16. The van der Waals surface area contributed by atoms with Crippen LogP contribution < -0.4 is 10.1 Å². The summed E-state index contributed by atoms with van der Waals surface area (Å²) in [7, 11) is 0. The maximum absolute atomic E-state index is 12.6. The van der Waals surface area contributed by atoms with Crippen molar-refractivity contribution >= 4 is 17.5 Å². The molecule has 148 valence electrons. The van der Waals surface area contributed by atoms with E-state index in [1.807, 2.05) is 73.7 Å². The van der Waals surface area contributed by atoms with Crippen LogP contribution in [0.3, 0.4) is 0 Å². The summed E-state index contributed by atoms with van der Waals surface area (Å²) in [6.45, 7) is 3.81. The Balaban J connectivity index is 1.68. The molecule has 0 heterocycles. The minimum atomic E-state index is -0.281. The summed E-state index contributed by atoms with van der Waals surface area (Å²) >= 11 is 0. The van der Waals surface area contributed by atoms with E-state index in [0.29, 0.717) is 23.7 Å². The fourth-order valence-electron chi connectivity index (χ4n) is 2.95. The Bertz CT molecular complexity index is 986. The van der Waals surface area contributed by atoms with E-state index in [4.69, 9.17) is 4.74 Å². The van der Waals surface area contributed by atoms with Crippen LogP contribution in [0.15, 0.2) is 78.9 Å². The number of ether oxygens (including phenoxy) is 1. The van der Waals surface area contributed by atoms with Crippen LogP contribution in [0.4, 0.5) is 5.69 Å². The molecule has 5 heteroatoms. The van der Waals surface area contributed by atoms with Crippen LogP contribution >= 0.6 is 0 Å². The smallest absolute Gasteiger partial charge is 0.244 e. The summed E-state index contributed by atoms with van der Waals surface area (Å²) < 4.78 is 5.88. The molecule has 3 rings (SSSR count). The first-order valence-electron chi connectivity index (χ1n) is 9.44. The summed E-state index contributed by atoms with van der Waals surface area (Å²) in [5.74, 6) is 0.784. The van der Waals surface area contributed by atoms with Gasteiger partial charge in [-0.25, -0.2) is 0 Å². The number of aryl methyl sites for hydroxylation is 1. The van der Waals surface area contributed by atoms with Gasteiger partial charge in [-0.3, -0.25) is 9.59 Å². The third-order valence-corrected chi connectivity index (χ3v) is 4.37. The number of hydrogen-bond acceptors (Lipinski definition) is 3. The van der Waals surface area contributed by atoms with E-state index in [1.54, 1.807) is 12.1 Å². The van der Waals surface area contributed by atoms with Crippen molar-refractivity contribution in [2.45, 2.75) is 20.4 Å². The SMILES string of the molecule is CC(=O)N(CC(=O)Nc1ccccc1Oc1ccccc1)Cc1cccc(C)c1. The van der Waals surface area contributed by atoms with Crippen molar-refractivity contribution in [2.24, 2.45) is 0 Å². The topological polar surface area (TPSA) is 58.6 Å². The van der Waals surface area contributed by atoms with Crippen molar-refractivity contribution in [3.63, 3.8) is 0 Å². The number of amides is 2. The van der Waals surface area contributed by atoms with Crippen LogP contribution in [0.5, 0.6) is 11.5 Å². The highest BCUT2D eigenvalue weighted by molar-refractivity contribution is 5.95. The largest absolute Gasteiger partial charge is 0.455 e. The van der Waals surface area contributed by atoms with Crippen LogP contribution in [-0.4, -0.2) is 23.3 Å². The van der Waals surface area contributed by atoms with Crippen molar-refractivity contribution in [1.29, 1.82) is 0 Å². The van der Waals surface area contributed by atoms with E-state index in [-0.39, 0.29) is 18.4 Å². The molecule has 2 amide bonds. The number of carbonyl (C=O) groups is 2. The summed E-state index contributed by atoms with van der Waals surface area (Å²) in [6.07, 6.45) is 0. The predicted octanol–water partition coefficient (Wildman–Crippen LogP) is 4.77. The number of para-hydroxylation sites is 3. The molecule has 0 bridgehead atoms. The quantitative estimate of drug-likeness (QED) is 0.634. The zero-order chi connectivity index (χ0) is 20.6. The summed E-state index contributed by atoms with van der Waals surface area (Å²) in [5, 5.41) is 2.86. The highest BCUT2D eigenvalue weighted by atomic mass is 16.5. The van der Waals surface area contributed by atoms with Crippen LogP contribution in [0.25, 0.3) is 0 Å². The minimum Gasteiger partial charge on any atom is -0.455 e. The zero-order valence-corrected chi connectivity index (χ0v) is 16.6. The van der Waals surface area contributed by atoms with E-state index < -0.39 is 0 Å². The van der Waals surface area contributed by atoms with Gasteiger partial charge >= 0.3 is 0 Å². The van der Waals surface area contributed by atoms with Crippen LogP contribution in [0, 0.1) is 6.92 Å². The highest BCUT2D eigenvalue weighted by Crippen LogP contribution is 2.29. The maximum Gasteiger partial charge on any atom is 0.244 e. The van der Waals surface area contributed by atoms with Gasteiger partial charge in [0.1, 0.15) is 12.3 Å². The van der Waals surface area contributed by atoms with Crippen LogP contribution in [-0.2, 0) is 16.1 Å². The first-order chi connectivity index (χ1) is 14.0. The monoisotopic (exact) mass is 388 g/mol. The lowest BCUT2D eigenvalue weighted by molar-refractivity contribution is -0.133. The number of nitrogens with one attached hydrogen (secondary N) is 1. The third-order valence-electron chi connectivity index (χ3n) is 4.37. The molecule has 0 aliphatic heterocycles. The number of rotatable bonds is 7. The molecule has 29 heavy (non-hydrogen) atoms. The molecule has 5 nitrogen and oxygen atoms in total. The molecule has 1 N–H and O–H groups in total. The first kappa shape index (κ1) is 20.1. The minimum absolute atomic E-state index is 0.0387. The second kappa shape index (κ2) is 9.55. The van der Waals surface area contributed by atoms with Crippen molar-refractivity contribution < 1.29 is 14.3 Å². The number of carbonyl (C=O) groups excluding carboxylic acids is 2. The molecule has 0 saturated heterocycles. The average molecular weight is 388 g/mol. The molecule has 0 unspecified atom stereocenters. The molecule has 3 aromatic carbocycles. The van der Waals surface area contributed by atoms with Crippen LogP contribution in [0.2, 0.25) is 0 Å². The van der Waals surface area contributed by atoms with Gasteiger partial charge in [0.2, 0.25) is 11.8 Å². The molecule has 0 fully saturated rings. The van der Waals surface area contributed by atoms with Crippen molar-refractivity contribution in [2.75, 3.05) is 11.9 Å². The van der Waals surface area contributed by atoms with E-state index >= 15 is 0 Å². The van der Waals surface area contributed by atoms with Gasteiger partial charge in [0, 0.05) is 13.5 Å². The lowest BCUT2D eigenvalue weighted by atomic mass is 10.1. The second-order valence-corrected chi connectivity index (χ2v) is 6.82. The normalized spacial score (nSPS) is 10.3. The summed E-state index contributed by atoms with van der Waals surface area (Å²) in [6, 6.07) is 24.5. The number of nitrogens with zero attached hydrogens (tertiary/aromatic N) is 1. The molecule has 0 radical (unpaired) electrons. The van der Waals surface area contributed by atoms with E-state index in [0.717, 1.165) is 11.1 Å². The Labute approximate surface area is 170 Å². The Hall–Kier alpha value is -3.60. The van der Waals surface area contributed by atoms with Gasteiger partial charge in [-0.2, -0.15) is 0 Å². The molecule has 0 aliphatic rings. The number of anilines is 1. The van der Waals surface area contributed by atoms with Crippen molar-refractivity contribution in [3.8, 4) is 11.5 Å². The van der Waals surface area contributed by atoms with Gasteiger partial charge in [-0.05, 0) is 36.8 Å². The Morgan fingerprint density at radius 1 is 0.931 bits per heavy atom. The van der Waals surface area contributed by atoms with Gasteiger partial charge in [0.15, 0.2) is 5.75 Å². The zero-order valence-electron chi connectivity index (χ0n) is 16.6. The summed E-state index contributed by atoms with van der Waals surface area (Å²) in [4.78, 5) is 26.2. The lowest BCUT2D eigenvalue weighted by Gasteiger charge is -2.21. The van der Waals surface area contributed by atoms with Crippen LogP contribution in [0.1, 0.15) is 18.1 Å². The van der Waals surface area contributed by atoms with E-state index in [1.165, 1.54) is 11.8 Å². The number of benzene rings is 3. The molecule has 0 atom stereocenters. The average Bonchev–Trinajstić information content (AvgIpc) is 2.70. The Morgan fingerprint density at radius 3 is 2.38 bits per heavy atom. The molecule has 0 aromatic heterocycles. The Morgan fingerprint density at radius 2 is 1.66 bits per heavy atom. The molecule has 0 saturated carbocycles. The standard InChI is InChI=1S/C24H24N2O3/c1-18-9-8-10-20(15-18)16-26(19(2)27)17-24(28)25-22-13-6-7-14-23(22)29-21-11-4-3-5-12-21/h3-15H,16-17H2,1-2H3,(H,25,28). The van der Waals surface area contributed by atoms with E-state index in [2.05, 4.69) is 5.32 Å². The van der Waals surface area contributed by atoms with Crippen molar-refractivity contribution in [3.05, 3.63) is 90.0 Å². The molecular formula is C24H24N2O3. The van der Waals surface area contributed by atoms with Crippen molar-refractivity contribution in [1.82, 2.24) is 4.90 Å². The van der Waals surface area contributed by atoms with Gasteiger partial charge in [0.25, 0.3) is 0 Å². The van der Waals surface area contributed by atoms with Gasteiger partial charge in [-0.15, -0.1) is 0 Å². The van der Waals surface area contributed by atoms with Gasteiger partial charge < -0.3 is 15.0 Å². The summed E-state index contributed by atoms with van der Waals surface area (Å²) in [5.41, 5.74) is 2.66. The first-order valence-corrected chi connectivity index (χ1v) is 9.44. The lowest BCUT2D eigenvalue weighted by Crippen LogP contribution is -2.36. The Kier molecular flexibility index (Phi) is 6.63. The molecule has 0 spiro atoms. The maximum atomic E-state index is 12.6. The van der Waals surface area contributed by atoms with Gasteiger partial charge in [0.05, 0.1) is 5.69 Å². The predicted molar refractivity (Wildman–Crippen MR) is 114 cm³/mol. The fourth-order valence-corrected chi connectivity index (χ4v) is 2.95.